The Morgan fingerprint density at radius 2 is 1.79 bits per heavy atom. The molecule has 0 aromatic heterocycles. The second-order valence-electron chi connectivity index (χ2n) is 8.59. The van der Waals surface area contributed by atoms with E-state index in [1.54, 1.807) is 6.08 Å². The summed E-state index contributed by atoms with van der Waals surface area (Å²) in [5.41, 5.74) is 0.481. The van der Waals surface area contributed by atoms with Gasteiger partial charge in [0.05, 0.1) is 12.0 Å². The van der Waals surface area contributed by atoms with Crippen molar-refractivity contribution in [2.45, 2.75) is 70.9 Å². The van der Waals surface area contributed by atoms with E-state index in [0.29, 0.717) is 6.42 Å². The Morgan fingerprint density at radius 1 is 1.14 bits per heavy atom. The monoisotopic (exact) mass is 387 g/mol. The molecule has 0 radical (unpaired) electrons. The topological polar surface area (TPSA) is 75.6 Å². The van der Waals surface area contributed by atoms with Crippen molar-refractivity contribution in [2.24, 2.45) is 11.8 Å². The number of nitrogens with one attached hydrogen (secondary N) is 1. The van der Waals surface area contributed by atoms with E-state index in [-0.39, 0.29) is 12.0 Å². The molecule has 1 aromatic carbocycles. The average molecular weight is 388 g/mol. The number of carbonyl (C=O) groups excluding carboxylic acids is 1. The molecule has 2 atom stereocenters. The number of alkyl carbamates (subject to hydrolysis) is 1. The summed E-state index contributed by atoms with van der Waals surface area (Å²) < 4.78 is 5.38. The van der Waals surface area contributed by atoms with Gasteiger partial charge in [-0.15, -0.1) is 0 Å². The van der Waals surface area contributed by atoms with Gasteiger partial charge in [-0.05, 0) is 51.5 Å². The predicted octanol–water partition coefficient (Wildman–Crippen LogP) is 4.96. The molecule has 1 aromatic rings. The normalized spacial score (nSPS) is 17.8. The second-order valence-corrected chi connectivity index (χ2v) is 8.59. The van der Waals surface area contributed by atoms with Gasteiger partial charge in [-0.1, -0.05) is 61.7 Å². The summed E-state index contributed by atoms with van der Waals surface area (Å²) in [7, 11) is 0. The molecule has 5 heteroatoms. The number of hydrogen-bond acceptors (Lipinski definition) is 3. The van der Waals surface area contributed by atoms with Gasteiger partial charge in [-0.3, -0.25) is 4.79 Å². The average Bonchev–Trinajstić information content (AvgIpc) is 2.61. The van der Waals surface area contributed by atoms with Crippen molar-refractivity contribution < 1.29 is 19.4 Å². The third kappa shape index (κ3) is 7.75. The third-order valence-electron chi connectivity index (χ3n) is 4.99. The van der Waals surface area contributed by atoms with Gasteiger partial charge in [0.1, 0.15) is 5.60 Å². The van der Waals surface area contributed by atoms with Crippen LogP contribution in [0.3, 0.4) is 0 Å². The first kappa shape index (κ1) is 22.0. The first-order valence-corrected chi connectivity index (χ1v) is 10.2. The lowest BCUT2D eigenvalue weighted by atomic mass is 9.79. The van der Waals surface area contributed by atoms with Gasteiger partial charge in [-0.2, -0.15) is 0 Å². The quantitative estimate of drug-likeness (QED) is 0.649. The summed E-state index contributed by atoms with van der Waals surface area (Å²) in [5.74, 6) is -1.14. The molecule has 2 unspecified atom stereocenters. The summed E-state index contributed by atoms with van der Waals surface area (Å²) in [6.45, 7) is 5.45. The van der Waals surface area contributed by atoms with E-state index < -0.39 is 23.6 Å². The van der Waals surface area contributed by atoms with Crippen LogP contribution in [0.25, 0.3) is 0 Å². The minimum absolute atomic E-state index is 0.168. The lowest BCUT2D eigenvalue weighted by Crippen LogP contribution is -2.39. The number of carbonyl (C=O) groups is 2. The molecule has 0 saturated heterocycles. The van der Waals surface area contributed by atoms with Gasteiger partial charge < -0.3 is 15.2 Å². The fourth-order valence-electron chi connectivity index (χ4n) is 3.68. The van der Waals surface area contributed by atoms with Gasteiger partial charge in [0.2, 0.25) is 0 Å². The van der Waals surface area contributed by atoms with Crippen molar-refractivity contribution in [3.63, 3.8) is 0 Å². The van der Waals surface area contributed by atoms with Crippen LogP contribution in [0.5, 0.6) is 0 Å². The molecule has 2 N–H and O–H groups in total. The molecular weight excluding hydrogens is 354 g/mol. The maximum absolute atomic E-state index is 12.3. The third-order valence-corrected chi connectivity index (χ3v) is 4.99. The summed E-state index contributed by atoms with van der Waals surface area (Å²) >= 11 is 0. The molecule has 154 valence electrons. The van der Waals surface area contributed by atoms with Crippen molar-refractivity contribution in [3.8, 4) is 0 Å². The van der Waals surface area contributed by atoms with E-state index in [4.69, 9.17) is 4.74 Å². The van der Waals surface area contributed by atoms with Gasteiger partial charge in [0, 0.05) is 0 Å². The highest BCUT2D eigenvalue weighted by molar-refractivity contribution is 5.72. The lowest BCUT2D eigenvalue weighted by Gasteiger charge is -2.26. The smallest absolute Gasteiger partial charge is 0.408 e. The Labute approximate surface area is 168 Å². The van der Waals surface area contributed by atoms with E-state index in [9.17, 15) is 14.7 Å². The van der Waals surface area contributed by atoms with Gasteiger partial charge in [0.25, 0.3) is 0 Å². The summed E-state index contributed by atoms with van der Waals surface area (Å²) in [5, 5.41) is 12.6. The zero-order valence-electron chi connectivity index (χ0n) is 17.2. The summed E-state index contributed by atoms with van der Waals surface area (Å²) in [4.78, 5) is 24.1. The highest BCUT2D eigenvalue weighted by Gasteiger charge is 2.27. The highest BCUT2D eigenvalue weighted by atomic mass is 16.6. The van der Waals surface area contributed by atoms with Crippen LogP contribution in [0, 0.1) is 11.8 Å². The van der Waals surface area contributed by atoms with Crippen LogP contribution in [0.15, 0.2) is 42.5 Å². The van der Waals surface area contributed by atoms with Crippen molar-refractivity contribution in [1.82, 2.24) is 5.32 Å². The lowest BCUT2D eigenvalue weighted by molar-refractivity contribution is -0.142. The molecule has 2 rings (SSSR count). The fourth-order valence-corrected chi connectivity index (χ4v) is 3.68. The Morgan fingerprint density at radius 3 is 2.36 bits per heavy atom. The van der Waals surface area contributed by atoms with E-state index >= 15 is 0 Å². The maximum Gasteiger partial charge on any atom is 0.408 e. The Balaban J connectivity index is 2.12. The first-order chi connectivity index (χ1) is 13.2. The van der Waals surface area contributed by atoms with E-state index in [1.807, 2.05) is 57.2 Å². The minimum atomic E-state index is -0.793. The van der Waals surface area contributed by atoms with Crippen molar-refractivity contribution in [3.05, 3.63) is 48.0 Å². The summed E-state index contributed by atoms with van der Waals surface area (Å²) in [6, 6.07) is 9.50. The van der Waals surface area contributed by atoms with Crippen LogP contribution in [0.1, 0.15) is 58.4 Å². The largest absolute Gasteiger partial charge is 0.481 e. The Hall–Kier alpha value is -2.30. The molecule has 1 fully saturated rings. The maximum atomic E-state index is 12.3. The number of ether oxygens (including phenoxy) is 1. The second kappa shape index (κ2) is 10.3. The molecule has 1 aliphatic carbocycles. The summed E-state index contributed by atoms with van der Waals surface area (Å²) in [6.07, 6.45) is 8.93. The molecule has 0 heterocycles. The number of aliphatic carboxylic acids is 1. The van der Waals surface area contributed by atoms with E-state index in [0.717, 1.165) is 31.2 Å². The molecule has 5 nitrogen and oxygen atoms in total. The molecule has 1 aliphatic rings. The number of rotatable bonds is 7. The van der Waals surface area contributed by atoms with Gasteiger partial charge in [-0.25, -0.2) is 4.79 Å². The van der Waals surface area contributed by atoms with Crippen LogP contribution in [-0.2, 0) is 16.0 Å². The molecule has 1 amide bonds. The number of benzene rings is 1. The van der Waals surface area contributed by atoms with Crippen LogP contribution < -0.4 is 5.32 Å². The number of hydrogen-bond donors (Lipinski definition) is 2. The van der Waals surface area contributed by atoms with Crippen LogP contribution >= 0.6 is 0 Å². The molecule has 28 heavy (non-hydrogen) atoms. The molecule has 0 spiro atoms. The molecular formula is C23H33NO4. The zero-order chi connectivity index (χ0) is 20.6. The molecule has 0 bridgehead atoms. The van der Waals surface area contributed by atoms with Crippen molar-refractivity contribution in [1.29, 1.82) is 0 Å². The minimum Gasteiger partial charge on any atom is -0.481 e. The van der Waals surface area contributed by atoms with E-state index in [1.165, 1.54) is 6.42 Å². The van der Waals surface area contributed by atoms with Crippen LogP contribution in [0.2, 0.25) is 0 Å². The van der Waals surface area contributed by atoms with Gasteiger partial charge in [0.15, 0.2) is 0 Å². The van der Waals surface area contributed by atoms with Crippen LogP contribution in [-0.4, -0.2) is 28.8 Å². The molecule has 1 saturated carbocycles. The van der Waals surface area contributed by atoms with Gasteiger partial charge >= 0.3 is 12.1 Å². The highest BCUT2D eigenvalue weighted by Crippen LogP contribution is 2.31. The standard InChI is InChI=1S/C23H33NO4/c1-23(2,3)28-22(27)24-19(16-17-10-6-4-7-11-17)14-15-20(21(25)26)18-12-8-5-9-13-18/h4,6-7,10-11,14-15,18-20H,5,8-9,12-13,16H2,1-3H3,(H,24,27)(H,25,26)/b15-14+. The number of amides is 1. The zero-order valence-corrected chi connectivity index (χ0v) is 17.2. The number of carboxylic acids is 1. The SMILES string of the molecule is CC(C)(C)OC(=O)NC(/C=C/C(C(=O)O)C1CCCCC1)Cc1ccccc1. The molecule has 0 aliphatic heterocycles. The van der Waals surface area contributed by atoms with E-state index in [2.05, 4.69) is 5.32 Å². The Bertz CT molecular complexity index is 657. The van der Waals surface area contributed by atoms with Crippen molar-refractivity contribution >= 4 is 12.1 Å². The fraction of sp³-hybridized carbons (Fsp3) is 0.565. The first-order valence-electron chi connectivity index (χ1n) is 10.2. The predicted molar refractivity (Wildman–Crippen MR) is 110 cm³/mol. The Kier molecular flexibility index (Phi) is 8.09. The number of carboxylic acid groups (broad SMARTS) is 1. The van der Waals surface area contributed by atoms with Crippen molar-refractivity contribution in [2.75, 3.05) is 0 Å². The van der Waals surface area contributed by atoms with Crippen LogP contribution in [0.4, 0.5) is 4.79 Å².